The zero-order valence-corrected chi connectivity index (χ0v) is 17.4. The van der Waals surface area contributed by atoms with E-state index in [2.05, 4.69) is 73.5 Å². The van der Waals surface area contributed by atoms with E-state index < -0.39 is 0 Å². The Kier molecular flexibility index (Phi) is 8.62. The summed E-state index contributed by atoms with van der Waals surface area (Å²) in [6.07, 6.45) is 2.32. The number of nitrogens with one attached hydrogen (secondary N) is 1. The standard InChI is InChI=1S/C23H34N2O2/c1-6-23(25(7-2)8-3)24-20(16-18-12-10-9-11-13-18)19-14-15-21(26-4)22(17-19)27-5/h9-15,17,20,23-24H,6-8,16H2,1-5H3. The second-order valence-electron chi connectivity index (χ2n) is 6.67. The Bertz CT molecular complexity index is 671. The molecule has 27 heavy (non-hydrogen) atoms. The molecule has 2 atom stereocenters. The van der Waals surface area contributed by atoms with Crippen LogP contribution in [0.25, 0.3) is 0 Å². The number of hydrogen-bond donors (Lipinski definition) is 1. The Balaban J connectivity index is 2.34. The van der Waals surface area contributed by atoms with Crippen molar-refractivity contribution in [3.8, 4) is 11.5 Å². The predicted octanol–water partition coefficient (Wildman–Crippen LogP) is 4.66. The monoisotopic (exact) mass is 370 g/mol. The van der Waals surface area contributed by atoms with Gasteiger partial charge in [-0.25, -0.2) is 0 Å². The molecule has 2 rings (SSSR count). The molecule has 0 aromatic heterocycles. The highest BCUT2D eigenvalue weighted by molar-refractivity contribution is 5.44. The molecule has 0 bridgehead atoms. The van der Waals surface area contributed by atoms with Crippen molar-refractivity contribution in [1.29, 1.82) is 0 Å². The second-order valence-corrected chi connectivity index (χ2v) is 6.67. The summed E-state index contributed by atoms with van der Waals surface area (Å²) < 4.78 is 10.9. The van der Waals surface area contributed by atoms with Crippen LogP contribution in [0.1, 0.15) is 44.4 Å². The summed E-state index contributed by atoms with van der Waals surface area (Å²) in [5.41, 5.74) is 2.53. The molecule has 0 aliphatic heterocycles. The zero-order chi connectivity index (χ0) is 19.6. The first-order valence-corrected chi connectivity index (χ1v) is 9.92. The van der Waals surface area contributed by atoms with Crippen molar-refractivity contribution < 1.29 is 9.47 Å². The van der Waals surface area contributed by atoms with Gasteiger partial charge < -0.3 is 9.47 Å². The molecule has 2 aromatic rings. The maximum atomic E-state index is 5.54. The molecule has 0 saturated heterocycles. The molecule has 4 heteroatoms. The fourth-order valence-electron chi connectivity index (χ4n) is 3.57. The summed E-state index contributed by atoms with van der Waals surface area (Å²) in [6, 6.07) is 17.1. The van der Waals surface area contributed by atoms with Gasteiger partial charge in [0.1, 0.15) is 0 Å². The minimum Gasteiger partial charge on any atom is -0.493 e. The number of ether oxygens (including phenoxy) is 2. The highest BCUT2D eigenvalue weighted by Gasteiger charge is 2.21. The third kappa shape index (κ3) is 5.72. The number of rotatable bonds is 11. The van der Waals surface area contributed by atoms with Crippen LogP contribution in [-0.4, -0.2) is 38.4 Å². The van der Waals surface area contributed by atoms with Crippen LogP contribution in [0.3, 0.4) is 0 Å². The van der Waals surface area contributed by atoms with Crippen LogP contribution in [0, 0.1) is 0 Å². The largest absolute Gasteiger partial charge is 0.493 e. The van der Waals surface area contributed by atoms with Crippen LogP contribution < -0.4 is 14.8 Å². The predicted molar refractivity (Wildman–Crippen MR) is 113 cm³/mol. The van der Waals surface area contributed by atoms with Gasteiger partial charge in [0, 0.05) is 6.04 Å². The zero-order valence-electron chi connectivity index (χ0n) is 17.4. The fraction of sp³-hybridized carbons (Fsp3) is 0.478. The van der Waals surface area contributed by atoms with Gasteiger partial charge >= 0.3 is 0 Å². The quantitative estimate of drug-likeness (QED) is 0.584. The Morgan fingerprint density at radius 3 is 2.11 bits per heavy atom. The van der Waals surface area contributed by atoms with Gasteiger partial charge in [-0.1, -0.05) is 57.2 Å². The van der Waals surface area contributed by atoms with E-state index in [4.69, 9.17) is 9.47 Å². The first kappa shape index (κ1) is 21.3. The molecule has 0 spiro atoms. The van der Waals surface area contributed by atoms with Gasteiger partial charge in [0.05, 0.1) is 20.4 Å². The maximum Gasteiger partial charge on any atom is 0.161 e. The lowest BCUT2D eigenvalue weighted by atomic mass is 9.97. The van der Waals surface area contributed by atoms with E-state index in [1.54, 1.807) is 14.2 Å². The number of methoxy groups -OCH3 is 2. The average molecular weight is 371 g/mol. The molecule has 4 nitrogen and oxygen atoms in total. The average Bonchev–Trinajstić information content (AvgIpc) is 2.73. The van der Waals surface area contributed by atoms with Crippen molar-refractivity contribution in [2.45, 2.75) is 45.8 Å². The lowest BCUT2D eigenvalue weighted by Gasteiger charge is -2.34. The van der Waals surface area contributed by atoms with Gasteiger partial charge in [0.15, 0.2) is 11.5 Å². The Labute approximate surface area is 164 Å². The Morgan fingerprint density at radius 2 is 1.56 bits per heavy atom. The molecule has 0 saturated carbocycles. The van der Waals surface area contributed by atoms with E-state index >= 15 is 0 Å². The van der Waals surface area contributed by atoms with Crippen LogP contribution in [0.4, 0.5) is 0 Å². The number of hydrogen-bond acceptors (Lipinski definition) is 4. The molecule has 0 fully saturated rings. The number of nitrogens with zero attached hydrogens (tertiary/aromatic N) is 1. The minimum absolute atomic E-state index is 0.192. The first-order valence-electron chi connectivity index (χ1n) is 9.92. The summed E-state index contributed by atoms with van der Waals surface area (Å²) >= 11 is 0. The smallest absolute Gasteiger partial charge is 0.161 e. The van der Waals surface area contributed by atoms with Crippen LogP contribution in [0.2, 0.25) is 0 Å². The summed E-state index contributed by atoms with van der Waals surface area (Å²) in [5, 5.41) is 3.89. The minimum atomic E-state index is 0.192. The van der Waals surface area contributed by atoms with Gasteiger partial charge in [-0.05, 0) is 49.2 Å². The van der Waals surface area contributed by atoms with Gasteiger partial charge in [-0.2, -0.15) is 0 Å². The highest BCUT2D eigenvalue weighted by Crippen LogP contribution is 2.31. The molecule has 0 radical (unpaired) electrons. The molecule has 0 aliphatic rings. The Hall–Kier alpha value is -2.04. The SMILES string of the molecule is CCC(NC(Cc1ccccc1)c1ccc(OC)c(OC)c1)N(CC)CC. The fourth-order valence-corrected chi connectivity index (χ4v) is 3.57. The molecular weight excluding hydrogens is 336 g/mol. The van der Waals surface area contributed by atoms with Gasteiger partial charge in [0.25, 0.3) is 0 Å². The highest BCUT2D eigenvalue weighted by atomic mass is 16.5. The second kappa shape index (κ2) is 11.0. The Morgan fingerprint density at radius 1 is 0.889 bits per heavy atom. The van der Waals surface area contributed by atoms with Crippen LogP contribution >= 0.6 is 0 Å². The van der Waals surface area contributed by atoms with Gasteiger partial charge in [-0.3, -0.25) is 10.2 Å². The lowest BCUT2D eigenvalue weighted by molar-refractivity contribution is 0.161. The lowest BCUT2D eigenvalue weighted by Crippen LogP contribution is -2.47. The molecular formula is C23H34N2O2. The van der Waals surface area contributed by atoms with Crippen molar-refractivity contribution in [3.05, 3.63) is 59.7 Å². The summed E-state index contributed by atoms with van der Waals surface area (Å²) in [6.45, 7) is 8.75. The molecule has 0 aliphatic carbocycles. The van der Waals surface area contributed by atoms with E-state index in [0.29, 0.717) is 6.17 Å². The van der Waals surface area contributed by atoms with E-state index in [1.807, 2.05) is 6.07 Å². The molecule has 0 amide bonds. The van der Waals surface area contributed by atoms with Crippen LogP contribution in [0.5, 0.6) is 11.5 Å². The summed E-state index contributed by atoms with van der Waals surface area (Å²) in [4.78, 5) is 2.47. The van der Waals surface area contributed by atoms with Crippen molar-refractivity contribution in [1.82, 2.24) is 10.2 Å². The van der Waals surface area contributed by atoms with Crippen LogP contribution in [-0.2, 0) is 6.42 Å². The molecule has 0 heterocycles. The maximum absolute atomic E-state index is 5.54. The normalized spacial score (nSPS) is 13.4. The van der Waals surface area contributed by atoms with Crippen molar-refractivity contribution in [2.24, 2.45) is 0 Å². The van der Waals surface area contributed by atoms with Crippen LogP contribution in [0.15, 0.2) is 48.5 Å². The van der Waals surface area contributed by atoms with Gasteiger partial charge in [-0.15, -0.1) is 0 Å². The van der Waals surface area contributed by atoms with Crippen molar-refractivity contribution >= 4 is 0 Å². The first-order chi connectivity index (χ1) is 13.2. The topological polar surface area (TPSA) is 33.7 Å². The van der Waals surface area contributed by atoms with E-state index in [9.17, 15) is 0 Å². The third-order valence-corrected chi connectivity index (χ3v) is 5.13. The molecule has 2 unspecified atom stereocenters. The third-order valence-electron chi connectivity index (χ3n) is 5.13. The summed E-state index contributed by atoms with van der Waals surface area (Å²) in [5.74, 6) is 1.53. The summed E-state index contributed by atoms with van der Waals surface area (Å²) in [7, 11) is 3.36. The molecule has 1 N–H and O–H groups in total. The van der Waals surface area contributed by atoms with Crippen molar-refractivity contribution in [2.75, 3.05) is 27.3 Å². The van der Waals surface area contributed by atoms with Crippen molar-refractivity contribution in [3.63, 3.8) is 0 Å². The van der Waals surface area contributed by atoms with E-state index in [0.717, 1.165) is 37.4 Å². The van der Waals surface area contributed by atoms with Gasteiger partial charge in [0.2, 0.25) is 0 Å². The number of benzene rings is 2. The van der Waals surface area contributed by atoms with E-state index in [-0.39, 0.29) is 6.04 Å². The molecule has 2 aromatic carbocycles. The van der Waals surface area contributed by atoms with E-state index in [1.165, 1.54) is 11.1 Å². The molecule has 148 valence electrons.